The van der Waals surface area contributed by atoms with Crippen LogP contribution in [0, 0.1) is 0 Å². The standard InChI is InChI=1S/C36H69N2O6P/c1-3-5-7-9-11-12-13-14-15-16-17-18-19-20-21-22-24-26-28-30-36(40)38-34(33-44-45(41,42)43-32-31-37)35(39)29-27-25-23-10-8-6-4-2/h11-12,14-15,17-18,34-35,39H,3-10,13,16,19-33,37H2,1-2H3,(H,38,40)(H,41,42)/b12-11-,15-14-,18-17-. The Morgan fingerprint density at radius 3 is 1.82 bits per heavy atom. The van der Waals surface area contributed by atoms with Crippen molar-refractivity contribution in [2.75, 3.05) is 19.8 Å². The van der Waals surface area contributed by atoms with Crippen molar-refractivity contribution in [2.45, 2.75) is 167 Å². The van der Waals surface area contributed by atoms with E-state index in [4.69, 9.17) is 14.8 Å². The third kappa shape index (κ3) is 31.1. The highest BCUT2D eigenvalue weighted by Gasteiger charge is 2.27. The summed E-state index contributed by atoms with van der Waals surface area (Å²) < 4.78 is 22.0. The molecule has 0 fully saturated rings. The predicted molar refractivity (Wildman–Crippen MR) is 189 cm³/mol. The van der Waals surface area contributed by atoms with Gasteiger partial charge < -0.3 is 21.1 Å². The number of hydrogen-bond acceptors (Lipinski definition) is 6. The van der Waals surface area contributed by atoms with Crippen molar-refractivity contribution >= 4 is 13.7 Å². The van der Waals surface area contributed by atoms with E-state index in [1.807, 2.05) is 0 Å². The van der Waals surface area contributed by atoms with E-state index in [1.165, 1.54) is 64.2 Å². The smallest absolute Gasteiger partial charge is 0.391 e. The van der Waals surface area contributed by atoms with E-state index in [0.29, 0.717) is 12.8 Å². The zero-order valence-corrected chi connectivity index (χ0v) is 29.7. The lowest BCUT2D eigenvalue weighted by molar-refractivity contribution is -0.123. The highest BCUT2D eigenvalue weighted by molar-refractivity contribution is 7.47. The first-order valence-electron chi connectivity index (χ1n) is 18.1. The summed E-state index contributed by atoms with van der Waals surface area (Å²) in [5, 5.41) is 13.6. The molecule has 9 heteroatoms. The van der Waals surface area contributed by atoms with Gasteiger partial charge in [0.15, 0.2) is 0 Å². The summed E-state index contributed by atoms with van der Waals surface area (Å²) in [4.78, 5) is 22.5. The molecule has 264 valence electrons. The summed E-state index contributed by atoms with van der Waals surface area (Å²) in [7, 11) is -4.30. The fraction of sp³-hybridized carbons (Fsp3) is 0.806. The quantitative estimate of drug-likeness (QED) is 0.0315. The van der Waals surface area contributed by atoms with Gasteiger partial charge in [-0.2, -0.15) is 0 Å². The van der Waals surface area contributed by atoms with E-state index < -0.39 is 20.0 Å². The minimum absolute atomic E-state index is 0.0849. The molecule has 0 saturated heterocycles. The number of carbonyl (C=O) groups excluding carboxylic acids is 1. The van der Waals surface area contributed by atoms with Crippen molar-refractivity contribution in [1.82, 2.24) is 5.32 Å². The molecule has 0 aromatic carbocycles. The first-order chi connectivity index (χ1) is 21.9. The van der Waals surface area contributed by atoms with E-state index >= 15 is 0 Å². The molecule has 5 N–H and O–H groups in total. The van der Waals surface area contributed by atoms with Gasteiger partial charge in [0.05, 0.1) is 25.4 Å². The fourth-order valence-corrected chi connectivity index (χ4v) is 5.72. The second-order valence-electron chi connectivity index (χ2n) is 12.1. The number of allylic oxidation sites excluding steroid dienone is 6. The van der Waals surface area contributed by atoms with Gasteiger partial charge in [0.1, 0.15) is 0 Å². The van der Waals surface area contributed by atoms with E-state index in [9.17, 15) is 19.4 Å². The van der Waals surface area contributed by atoms with Gasteiger partial charge in [-0.3, -0.25) is 13.8 Å². The highest BCUT2D eigenvalue weighted by atomic mass is 31.2. The minimum atomic E-state index is -4.30. The molecule has 0 radical (unpaired) electrons. The van der Waals surface area contributed by atoms with Crippen LogP contribution in [0.15, 0.2) is 36.5 Å². The lowest BCUT2D eigenvalue weighted by atomic mass is 10.0. The number of carbonyl (C=O) groups is 1. The Balaban J connectivity index is 4.17. The van der Waals surface area contributed by atoms with Crippen molar-refractivity contribution in [3.05, 3.63) is 36.5 Å². The maximum Gasteiger partial charge on any atom is 0.472 e. The van der Waals surface area contributed by atoms with Crippen LogP contribution in [-0.2, 0) is 18.4 Å². The van der Waals surface area contributed by atoms with Crippen LogP contribution in [0.4, 0.5) is 0 Å². The Hall–Kier alpha value is -1.28. The Bertz CT molecular complexity index is 804. The number of aliphatic hydroxyl groups excluding tert-OH is 1. The Labute approximate surface area is 276 Å². The van der Waals surface area contributed by atoms with Gasteiger partial charge >= 0.3 is 7.82 Å². The van der Waals surface area contributed by atoms with E-state index in [0.717, 1.165) is 64.2 Å². The molecule has 0 heterocycles. The van der Waals surface area contributed by atoms with Crippen LogP contribution in [0.3, 0.4) is 0 Å². The molecule has 0 aliphatic rings. The third-order valence-electron chi connectivity index (χ3n) is 7.75. The number of phosphoric acid groups is 1. The van der Waals surface area contributed by atoms with Gasteiger partial charge in [-0.1, -0.05) is 134 Å². The number of amides is 1. The molecule has 0 aliphatic heterocycles. The number of phosphoric ester groups is 1. The average Bonchev–Trinajstić information content (AvgIpc) is 3.02. The molecular weight excluding hydrogens is 587 g/mol. The zero-order valence-electron chi connectivity index (χ0n) is 28.8. The number of unbranched alkanes of at least 4 members (excludes halogenated alkanes) is 15. The lowest BCUT2D eigenvalue weighted by Gasteiger charge is -2.25. The van der Waals surface area contributed by atoms with Crippen LogP contribution >= 0.6 is 7.82 Å². The maximum atomic E-state index is 12.6. The second-order valence-corrected chi connectivity index (χ2v) is 13.5. The van der Waals surface area contributed by atoms with Crippen molar-refractivity contribution in [2.24, 2.45) is 5.73 Å². The normalized spacial score (nSPS) is 14.9. The van der Waals surface area contributed by atoms with E-state index in [2.05, 4.69) is 55.6 Å². The number of aliphatic hydroxyl groups is 1. The topological polar surface area (TPSA) is 131 Å². The number of nitrogens with two attached hydrogens (primary N) is 1. The SMILES string of the molecule is CCCCC/C=C\C/C=C\C/C=C\CCCCCCCCC(=O)NC(COP(=O)(O)OCCN)C(O)CCCCCCCCC. The van der Waals surface area contributed by atoms with Crippen LogP contribution in [0.2, 0.25) is 0 Å². The van der Waals surface area contributed by atoms with Crippen molar-refractivity contribution in [3.63, 3.8) is 0 Å². The summed E-state index contributed by atoms with van der Waals surface area (Å²) in [6.07, 6.45) is 35.9. The summed E-state index contributed by atoms with van der Waals surface area (Å²) >= 11 is 0. The van der Waals surface area contributed by atoms with Gasteiger partial charge in [0, 0.05) is 13.0 Å². The third-order valence-corrected chi connectivity index (χ3v) is 8.73. The van der Waals surface area contributed by atoms with Gasteiger partial charge in [-0.15, -0.1) is 0 Å². The number of rotatable bonds is 33. The molecule has 0 rings (SSSR count). The molecule has 0 aromatic heterocycles. The molecule has 0 saturated carbocycles. The van der Waals surface area contributed by atoms with Crippen molar-refractivity contribution < 1.29 is 28.4 Å². The monoisotopic (exact) mass is 656 g/mol. The van der Waals surface area contributed by atoms with E-state index in [-0.39, 0.29) is 25.7 Å². The number of hydrogen-bond donors (Lipinski definition) is 4. The second kappa shape index (κ2) is 32.7. The fourth-order valence-electron chi connectivity index (χ4n) is 4.96. The van der Waals surface area contributed by atoms with Gasteiger partial charge in [-0.25, -0.2) is 4.57 Å². The molecule has 3 atom stereocenters. The molecule has 0 bridgehead atoms. The molecular formula is C36H69N2O6P. The summed E-state index contributed by atoms with van der Waals surface area (Å²) in [5.41, 5.74) is 5.34. The number of nitrogens with one attached hydrogen (secondary N) is 1. The van der Waals surface area contributed by atoms with Gasteiger partial charge in [-0.05, 0) is 51.4 Å². The largest absolute Gasteiger partial charge is 0.472 e. The highest BCUT2D eigenvalue weighted by Crippen LogP contribution is 2.43. The van der Waals surface area contributed by atoms with Crippen LogP contribution in [0.1, 0.15) is 155 Å². The first kappa shape index (κ1) is 43.7. The Morgan fingerprint density at radius 1 is 0.733 bits per heavy atom. The van der Waals surface area contributed by atoms with Crippen molar-refractivity contribution in [3.8, 4) is 0 Å². The molecule has 0 aliphatic carbocycles. The summed E-state index contributed by atoms with van der Waals surface area (Å²) in [6, 6.07) is -0.778. The molecule has 3 unspecified atom stereocenters. The Kier molecular flexibility index (Phi) is 31.7. The minimum Gasteiger partial charge on any atom is -0.391 e. The molecule has 0 aromatic rings. The zero-order chi connectivity index (χ0) is 33.3. The predicted octanol–water partition coefficient (Wildman–Crippen LogP) is 9.22. The molecule has 1 amide bonds. The molecule has 8 nitrogen and oxygen atoms in total. The molecule has 45 heavy (non-hydrogen) atoms. The lowest BCUT2D eigenvalue weighted by Crippen LogP contribution is -2.46. The average molecular weight is 657 g/mol. The van der Waals surface area contributed by atoms with Crippen LogP contribution < -0.4 is 11.1 Å². The van der Waals surface area contributed by atoms with Gasteiger partial charge in [0.25, 0.3) is 0 Å². The van der Waals surface area contributed by atoms with Crippen LogP contribution in [0.5, 0.6) is 0 Å². The van der Waals surface area contributed by atoms with Gasteiger partial charge in [0.2, 0.25) is 5.91 Å². The maximum absolute atomic E-state index is 12.6. The van der Waals surface area contributed by atoms with Crippen molar-refractivity contribution in [1.29, 1.82) is 0 Å². The van der Waals surface area contributed by atoms with Crippen LogP contribution in [0.25, 0.3) is 0 Å². The van der Waals surface area contributed by atoms with Crippen LogP contribution in [-0.4, -0.2) is 47.8 Å². The molecule has 0 spiro atoms. The summed E-state index contributed by atoms with van der Waals surface area (Å²) in [5.74, 6) is -0.181. The summed E-state index contributed by atoms with van der Waals surface area (Å²) in [6.45, 7) is 4.09. The Morgan fingerprint density at radius 2 is 1.22 bits per heavy atom. The van der Waals surface area contributed by atoms with E-state index in [1.54, 1.807) is 0 Å². The first-order valence-corrected chi connectivity index (χ1v) is 19.6.